The van der Waals surface area contributed by atoms with Crippen molar-refractivity contribution < 1.29 is 9.53 Å². The zero-order chi connectivity index (χ0) is 19.1. The normalized spacial score (nSPS) is 18.9. The van der Waals surface area contributed by atoms with E-state index in [1.54, 1.807) is 4.90 Å². The van der Waals surface area contributed by atoms with Gasteiger partial charge in [0.25, 0.3) is 0 Å². The van der Waals surface area contributed by atoms with Gasteiger partial charge in [0.1, 0.15) is 0 Å². The average Bonchev–Trinajstić information content (AvgIpc) is 2.68. The summed E-state index contributed by atoms with van der Waals surface area (Å²) < 4.78 is 5.04. The van der Waals surface area contributed by atoms with Crippen LogP contribution >= 0.6 is 0 Å². The number of piperidine rings is 1. The zero-order valence-corrected chi connectivity index (χ0v) is 16.2. The van der Waals surface area contributed by atoms with Gasteiger partial charge in [-0.2, -0.15) is 0 Å². The van der Waals surface area contributed by atoms with E-state index in [1.807, 2.05) is 6.92 Å². The third-order valence-corrected chi connectivity index (χ3v) is 5.28. The lowest BCUT2D eigenvalue weighted by molar-refractivity contribution is 0.0963. The number of carbonyl (C=O) groups excluding carboxylic acids is 1. The minimum absolute atomic E-state index is 0.222. The van der Waals surface area contributed by atoms with Crippen molar-refractivity contribution in [1.82, 2.24) is 15.1 Å². The largest absolute Gasteiger partial charge is 0.450 e. The zero-order valence-electron chi connectivity index (χ0n) is 16.2. The van der Waals surface area contributed by atoms with E-state index in [9.17, 15) is 4.79 Å². The van der Waals surface area contributed by atoms with Gasteiger partial charge in [-0.25, -0.2) is 4.79 Å². The number of fused-ring (bicyclic) bond motifs is 1. The van der Waals surface area contributed by atoms with Crippen LogP contribution in [0.3, 0.4) is 0 Å². The Morgan fingerprint density at radius 2 is 2.00 bits per heavy atom. The smallest absolute Gasteiger partial charge is 0.409 e. The molecular formula is C20H31N5O2. The maximum atomic E-state index is 11.7. The fraction of sp³-hybridized carbons (Fsp3) is 0.600. The maximum Gasteiger partial charge on any atom is 0.409 e. The van der Waals surface area contributed by atoms with Crippen LogP contribution in [0.4, 0.5) is 4.79 Å². The molecule has 0 aromatic heterocycles. The monoisotopic (exact) mass is 373 g/mol. The summed E-state index contributed by atoms with van der Waals surface area (Å²) >= 11 is 0. The van der Waals surface area contributed by atoms with Crippen molar-refractivity contribution in [2.75, 3.05) is 39.3 Å². The molecule has 1 saturated heterocycles. The Kier molecular flexibility index (Phi) is 6.92. The number of rotatable bonds is 5. The fourth-order valence-corrected chi connectivity index (χ4v) is 3.73. The van der Waals surface area contributed by atoms with E-state index >= 15 is 0 Å². The Hall–Kier alpha value is -2.28. The molecule has 0 atom stereocenters. The summed E-state index contributed by atoms with van der Waals surface area (Å²) in [6.07, 6.45) is 2.60. The Balaban J connectivity index is 1.36. The summed E-state index contributed by atoms with van der Waals surface area (Å²) in [4.78, 5) is 20.4. The van der Waals surface area contributed by atoms with Crippen LogP contribution in [0.15, 0.2) is 29.3 Å². The van der Waals surface area contributed by atoms with Crippen molar-refractivity contribution in [3.63, 3.8) is 0 Å². The van der Waals surface area contributed by atoms with E-state index in [4.69, 9.17) is 10.5 Å². The molecule has 3 N–H and O–H groups in total. The second-order valence-corrected chi connectivity index (χ2v) is 7.17. The van der Waals surface area contributed by atoms with Gasteiger partial charge in [-0.3, -0.25) is 9.89 Å². The SMILES string of the molecule is CCOC(=O)N1CCC(NC(N)=NCCN2CCc3ccccc3C2)CC1. The Labute approximate surface area is 161 Å². The first-order valence-electron chi connectivity index (χ1n) is 9.93. The fourth-order valence-electron chi connectivity index (χ4n) is 3.73. The Morgan fingerprint density at radius 3 is 2.74 bits per heavy atom. The third-order valence-electron chi connectivity index (χ3n) is 5.28. The van der Waals surface area contributed by atoms with Gasteiger partial charge in [0.15, 0.2) is 5.96 Å². The number of ether oxygens (including phenoxy) is 1. The molecule has 3 rings (SSSR count). The predicted octanol–water partition coefficient (Wildman–Crippen LogP) is 1.57. The van der Waals surface area contributed by atoms with Gasteiger partial charge < -0.3 is 20.7 Å². The van der Waals surface area contributed by atoms with E-state index in [2.05, 4.69) is 39.5 Å². The molecule has 0 aliphatic carbocycles. The van der Waals surface area contributed by atoms with Gasteiger partial charge in [-0.05, 0) is 37.3 Å². The number of hydrogen-bond donors (Lipinski definition) is 2. The van der Waals surface area contributed by atoms with Crippen molar-refractivity contribution in [2.45, 2.75) is 38.8 Å². The number of nitrogens with one attached hydrogen (secondary N) is 1. The van der Waals surface area contributed by atoms with Crippen molar-refractivity contribution in [3.05, 3.63) is 35.4 Å². The number of benzene rings is 1. The molecule has 0 unspecified atom stereocenters. The molecule has 0 spiro atoms. The summed E-state index contributed by atoms with van der Waals surface area (Å²) in [6, 6.07) is 8.92. The highest BCUT2D eigenvalue weighted by molar-refractivity contribution is 5.78. The van der Waals surface area contributed by atoms with Gasteiger partial charge in [0.2, 0.25) is 0 Å². The number of likely N-dealkylation sites (tertiary alicyclic amines) is 1. The van der Waals surface area contributed by atoms with Gasteiger partial charge >= 0.3 is 6.09 Å². The topological polar surface area (TPSA) is 83.2 Å². The number of guanidine groups is 1. The van der Waals surface area contributed by atoms with Crippen LogP contribution in [0.1, 0.15) is 30.9 Å². The lowest BCUT2D eigenvalue weighted by Gasteiger charge is -2.31. The second-order valence-electron chi connectivity index (χ2n) is 7.17. The van der Waals surface area contributed by atoms with E-state index in [0.717, 1.165) is 38.9 Å². The van der Waals surface area contributed by atoms with Crippen molar-refractivity contribution in [1.29, 1.82) is 0 Å². The van der Waals surface area contributed by atoms with Gasteiger partial charge in [-0.15, -0.1) is 0 Å². The number of aliphatic imine (C=N–C) groups is 1. The molecule has 7 nitrogen and oxygen atoms in total. The third kappa shape index (κ3) is 5.60. The van der Waals surface area contributed by atoms with Crippen LogP contribution in [0.2, 0.25) is 0 Å². The van der Waals surface area contributed by atoms with Crippen LogP contribution in [0, 0.1) is 0 Å². The summed E-state index contributed by atoms with van der Waals surface area (Å²) in [7, 11) is 0. The first kappa shape index (κ1) is 19.5. The molecule has 2 heterocycles. The molecule has 2 aliphatic heterocycles. The number of hydrogen-bond acceptors (Lipinski definition) is 4. The van der Waals surface area contributed by atoms with Crippen molar-refractivity contribution in [3.8, 4) is 0 Å². The minimum atomic E-state index is -0.222. The summed E-state index contributed by atoms with van der Waals surface area (Å²) in [5.74, 6) is 0.502. The average molecular weight is 374 g/mol. The van der Waals surface area contributed by atoms with Gasteiger partial charge in [0, 0.05) is 38.8 Å². The molecule has 148 valence electrons. The first-order valence-corrected chi connectivity index (χ1v) is 9.93. The molecule has 27 heavy (non-hydrogen) atoms. The standard InChI is InChI=1S/C20H31N5O2/c1-2-27-20(26)25-12-8-18(9-13-25)23-19(21)22-10-14-24-11-7-16-5-3-4-6-17(16)15-24/h3-6,18H,2,7-15H2,1H3,(H3,21,22,23). The van der Waals surface area contributed by atoms with Crippen LogP contribution < -0.4 is 11.1 Å². The molecular weight excluding hydrogens is 342 g/mol. The van der Waals surface area contributed by atoms with Crippen molar-refractivity contribution in [2.24, 2.45) is 10.7 Å². The predicted molar refractivity (Wildman–Crippen MR) is 107 cm³/mol. The summed E-state index contributed by atoms with van der Waals surface area (Å²) in [5.41, 5.74) is 8.94. The second kappa shape index (κ2) is 9.60. The Morgan fingerprint density at radius 1 is 1.26 bits per heavy atom. The van der Waals surface area contributed by atoms with Crippen LogP contribution in [-0.4, -0.2) is 67.2 Å². The van der Waals surface area contributed by atoms with Gasteiger partial charge in [-0.1, -0.05) is 24.3 Å². The number of nitrogens with two attached hydrogens (primary N) is 1. The van der Waals surface area contributed by atoms with E-state index in [1.165, 1.54) is 11.1 Å². The quantitative estimate of drug-likeness (QED) is 0.605. The molecule has 2 aliphatic rings. The molecule has 0 radical (unpaired) electrons. The van der Waals surface area contributed by atoms with Gasteiger partial charge in [0.05, 0.1) is 13.2 Å². The highest BCUT2D eigenvalue weighted by atomic mass is 16.6. The lowest BCUT2D eigenvalue weighted by Crippen LogP contribution is -2.48. The number of nitrogens with zero attached hydrogens (tertiary/aromatic N) is 3. The minimum Gasteiger partial charge on any atom is -0.450 e. The van der Waals surface area contributed by atoms with E-state index < -0.39 is 0 Å². The molecule has 1 aromatic rings. The Bertz CT molecular complexity index is 656. The summed E-state index contributed by atoms with van der Waals surface area (Å²) in [5, 5.41) is 3.29. The van der Waals surface area contributed by atoms with Crippen LogP contribution in [0.5, 0.6) is 0 Å². The number of carbonyl (C=O) groups is 1. The molecule has 1 amide bonds. The van der Waals surface area contributed by atoms with E-state index in [0.29, 0.717) is 32.2 Å². The van der Waals surface area contributed by atoms with Crippen molar-refractivity contribution >= 4 is 12.1 Å². The lowest BCUT2D eigenvalue weighted by atomic mass is 10.00. The molecule has 0 bridgehead atoms. The highest BCUT2D eigenvalue weighted by Crippen LogP contribution is 2.18. The maximum absolute atomic E-state index is 11.7. The van der Waals surface area contributed by atoms with Crippen LogP contribution in [-0.2, 0) is 17.7 Å². The van der Waals surface area contributed by atoms with E-state index in [-0.39, 0.29) is 12.1 Å². The molecule has 1 fully saturated rings. The number of amides is 1. The molecule has 7 heteroatoms. The first-order chi connectivity index (χ1) is 13.2. The van der Waals surface area contributed by atoms with Crippen LogP contribution in [0.25, 0.3) is 0 Å². The summed E-state index contributed by atoms with van der Waals surface area (Å²) in [6.45, 7) is 7.30. The highest BCUT2D eigenvalue weighted by Gasteiger charge is 2.23. The molecule has 1 aromatic carbocycles. The molecule has 0 saturated carbocycles.